The van der Waals surface area contributed by atoms with Crippen molar-refractivity contribution in [3.63, 3.8) is 0 Å². The molecule has 2 N–H and O–H groups in total. The van der Waals surface area contributed by atoms with Crippen molar-refractivity contribution in [2.24, 2.45) is 0 Å². The van der Waals surface area contributed by atoms with Crippen LogP contribution < -0.4 is 14.8 Å². The Kier molecular flexibility index (Phi) is 10.2. The van der Waals surface area contributed by atoms with Crippen LogP contribution in [-0.2, 0) is 22.7 Å². The number of rotatable bonds is 9. The van der Waals surface area contributed by atoms with Gasteiger partial charge in [-0.2, -0.15) is 0 Å². The molecule has 8 heteroatoms. The average molecular weight is 511 g/mol. The van der Waals surface area contributed by atoms with E-state index in [1.54, 1.807) is 18.2 Å². The number of carbonyl (C=O) groups excluding carboxylic acids is 1. The number of phenolic OH excluding ortho intramolecular Hbond substituents is 1. The van der Waals surface area contributed by atoms with Gasteiger partial charge < -0.3 is 24.6 Å². The summed E-state index contributed by atoms with van der Waals surface area (Å²) in [6, 6.07) is 20.6. The molecule has 0 saturated carbocycles. The van der Waals surface area contributed by atoms with Gasteiger partial charge in [0.05, 0.1) is 20.3 Å². The summed E-state index contributed by atoms with van der Waals surface area (Å²) in [7, 11) is 1.49. The highest BCUT2D eigenvalue weighted by Crippen LogP contribution is 2.26. The van der Waals surface area contributed by atoms with Crippen molar-refractivity contribution in [3.8, 4) is 17.2 Å². The fourth-order valence-electron chi connectivity index (χ4n) is 3.79. The maximum Gasteiger partial charge on any atom is 0.248 e. The number of hydrogen-bond acceptors (Lipinski definition) is 6. The number of para-hydroxylation sites is 1. The van der Waals surface area contributed by atoms with Crippen LogP contribution in [0.1, 0.15) is 16.7 Å². The molecule has 0 aromatic heterocycles. The highest BCUT2D eigenvalue weighted by molar-refractivity contribution is 6.02. The molecule has 1 aliphatic rings. The van der Waals surface area contributed by atoms with E-state index in [4.69, 9.17) is 14.2 Å². The summed E-state index contributed by atoms with van der Waals surface area (Å²) in [5.41, 5.74) is 3.48. The Morgan fingerprint density at radius 3 is 2.56 bits per heavy atom. The third kappa shape index (κ3) is 7.75. The third-order valence-electron chi connectivity index (χ3n) is 5.73. The second-order valence-corrected chi connectivity index (χ2v) is 8.23. The van der Waals surface area contributed by atoms with Crippen LogP contribution in [0, 0.1) is 0 Å². The lowest BCUT2D eigenvalue weighted by atomic mass is 10.1. The van der Waals surface area contributed by atoms with E-state index in [2.05, 4.69) is 22.3 Å². The number of nitrogens with zero attached hydrogens (tertiary/aromatic N) is 1. The van der Waals surface area contributed by atoms with Crippen molar-refractivity contribution < 1.29 is 24.1 Å². The number of anilines is 1. The van der Waals surface area contributed by atoms with Crippen LogP contribution in [0.25, 0.3) is 6.08 Å². The zero-order valence-electron chi connectivity index (χ0n) is 20.2. The summed E-state index contributed by atoms with van der Waals surface area (Å²) in [5.74, 6) is 0.898. The lowest BCUT2D eigenvalue weighted by Gasteiger charge is -2.26. The molecule has 190 valence electrons. The maximum absolute atomic E-state index is 12.5. The standard InChI is InChI=1S/C28H30N2O5.ClH/c1-33-27-12-8-21(18-26(27)31)9-13-28(32)29-25-5-3-2-4-23(25)20-35-24-10-6-22(7-11-24)19-30-14-16-34-17-15-30;/h2-13,18,31H,14-17,19-20H2,1H3,(H,29,32);1H/b13-9+;. The minimum Gasteiger partial charge on any atom is -0.504 e. The molecule has 1 amide bonds. The van der Waals surface area contributed by atoms with Crippen molar-refractivity contribution in [3.05, 3.63) is 89.5 Å². The van der Waals surface area contributed by atoms with Gasteiger partial charge in [0.2, 0.25) is 5.91 Å². The van der Waals surface area contributed by atoms with E-state index in [1.165, 1.54) is 24.8 Å². The molecule has 1 saturated heterocycles. The number of morpholine rings is 1. The Hall–Kier alpha value is -3.52. The summed E-state index contributed by atoms with van der Waals surface area (Å²) in [6.45, 7) is 4.73. The van der Waals surface area contributed by atoms with E-state index < -0.39 is 0 Å². The van der Waals surface area contributed by atoms with Crippen LogP contribution >= 0.6 is 12.4 Å². The van der Waals surface area contributed by atoms with Gasteiger partial charge in [-0.15, -0.1) is 12.4 Å². The van der Waals surface area contributed by atoms with Crippen LogP contribution in [0.3, 0.4) is 0 Å². The molecule has 3 aromatic rings. The first-order chi connectivity index (χ1) is 17.1. The first-order valence-electron chi connectivity index (χ1n) is 11.6. The van der Waals surface area contributed by atoms with Crippen molar-refractivity contribution in [2.45, 2.75) is 13.2 Å². The largest absolute Gasteiger partial charge is 0.504 e. The average Bonchev–Trinajstić information content (AvgIpc) is 2.88. The predicted molar refractivity (Wildman–Crippen MR) is 143 cm³/mol. The molecular weight excluding hydrogens is 480 g/mol. The van der Waals surface area contributed by atoms with Crippen molar-refractivity contribution in [1.29, 1.82) is 0 Å². The van der Waals surface area contributed by atoms with E-state index in [9.17, 15) is 9.90 Å². The Balaban J connectivity index is 0.00000361. The first-order valence-corrected chi connectivity index (χ1v) is 11.6. The van der Waals surface area contributed by atoms with Gasteiger partial charge >= 0.3 is 0 Å². The number of nitrogens with one attached hydrogen (secondary N) is 1. The molecule has 4 rings (SSSR count). The molecule has 0 aliphatic carbocycles. The van der Waals surface area contributed by atoms with Gasteiger partial charge in [0.15, 0.2) is 11.5 Å². The van der Waals surface area contributed by atoms with Crippen molar-refractivity contribution in [1.82, 2.24) is 4.90 Å². The molecule has 7 nitrogen and oxygen atoms in total. The monoisotopic (exact) mass is 510 g/mol. The second kappa shape index (κ2) is 13.5. The Morgan fingerprint density at radius 1 is 1.08 bits per heavy atom. The number of amides is 1. The number of methoxy groups -OCH3 is 1. The summed E-state index contributed by atoms with van der Waals surface area (Å²) in [6.07, 6.45) is 3.05. The van der Waals surface area contributed by atoms with Crippen LogP contribution in [-0.4, -0.2) is 49.3 Å². The van der Waals surface area contributed by atoms with Gasteiger partial charge in [0, 0.05) is 37.0 Å². The van der Waals surface area contributed by atoms with Crippen molar-refractivity contribution >= 4 is 30.1 Å². The molecule has 0 spiro atoms. The zero-order valence-corrected chi connectivity index (χ0v) is 21.0. The zero-order chi connectivity index (χ0) is 24.5. The lowest BCUT2D eigenvalue weighted by molar-refractivity contribution is -0.111. The van der Waals surface area contributed by atoms with Crippen LogP contribution in [0.5, 0.6) is 17.2 Å². The highest BCUT2D eigenvalue weighted by atomic mass is 35.5. The number of ether oxygens (including phenoxy) is 3. The number of aromatic hydroxyl groups is 1. The van der Waals surface area contributed by atoms with Gasteiger partial charge in [-0.3, -0.25) is 9.69 Å². The highest BCUT2D eigenvalue weighted by Gasteiger charge is 2.11. The molecule has 1 heterocycles. The Bertz CT molecular complexity index is 1160. The lowest BCUT2D eigenvalue weighted by Crippen LogP contribution is -2.35. The van der Waals surface area contributed by atoms with Gasteiger partial charge in [-0.1, -0.05) is 36.4 Å². The van der Waals surface area contributed by atoms with E-state index in [0.29, 0.717) is 23.6 Å². The summed E-state index contributed by atoms with van der Waals surface area (Å²) < 4.78 is 16.4. The van der Waals surface area contributed by atoms with E-state index in [0.717, 1.165) is 44.2 Å². The van der Waals surface area contributed by atoms with E-state index >= 15 is 0 Å². The SMILES string of the molecule is COc1ccc(/C=C/C(=O)Nc2ccccc2COc2ccc(CN3CCOCC3)cc2)cc1O.Cl. The molecule has 1 fully saturated rings. The number of phenols is 1. The van der Waals surface area contributed by atoms with Gasteiger partial charge in [-0.05, 0) is 47.5 Å². The van der Waals surface area contributed by atoms with Gasteiger partial charge in [-0.25, -0.2) is 0 Å². The molecule has 1 aliphatic heterocycles. The third-order valence-corrected chi connectivity index (χ3v) is 5.73. The molecular formula is C28H31ClN2O5. The van der Waals surface area contributed by atoms with Gasteiger partial charge in [0.25, 0.3) is 0 Å². The topological polar surface area (TPSA) is 80.3 Å². The first kappa shape index (κ1) is 27.1. The molecule has 0 radical (unpaired) electrons. The normalized spacial score (nSPS) is 13.7. The molecule has 36 heavy (non-hydrogen) atoms. The van der Waals surface area contributed by atoms with E-state index in [-0.39, 0.29) is 24.1 Å². The molecule has 0 atom stereocenters. The number of carbonyl (C=O) groups is 1. The Morgan fingerprint density at radius 2 is 1.83 bits per heavy atom. The summed E-state index contributed by atoms with van der Waals surface area (Å²) in [4.78, 5) is 14.9. The fraction of sp³-hybridized carbons (Fsp3) is 0.250. The van der Waals surface area contributed by atoms with Crippen LogP contribution in [0.15, 0.2) is 72.8 Å². The fourth-order valence-corrected chi connectivity index (χ4v) is 3.79. The van der Waals surface area contributed by atoms with Crippen LogP contribution in [0.4, 0.5) is 5.69 Å². The van der Waals surface area contributed by atoms with Crippen LogP contribution in [0.2, 0.25) is 0 Å². The number of hydrogen-bond donors (Lipinski definition) is 2. The second-order valence-electron chi connectivity index (χ2n) is 8.23. The Labute approximate surface area is 217 Å². The molecule has 0 unspecified atom stereocenters. The summed E-state index contributed by atoms with van der Waals surface area (Å²) >= 11 is 0. The minimum atomic E-state index is -0.278. The number of halogens is 1. The van der Waals surface area contributed by atoms with E-state index in [1.807, 2.05) is 36.4 Å². The van der Waals surface area contributed by atoms with Gasteiger partial charge in [0.1, 0.15) is 12.4 Å². The quantitative estimate of drug-likeness (QED) is 0.399. The number of benzene rings is 3. The van der Waals surface area contributed by atoms with Crippen molar-refractivity contribution in [2.75, 3.05) is 38.7 Å². The summed E-state index contributed by atoms with van der Waals surface area (Å²) in [5, 5.41) is 12.8. The molecule has 0 bridgehead atoms. The predicted octanol–water partition coefficient (Wildman–Crippen LogP) is 4.89. The smallest absolute Gasteiger partial charge is 0.248 e. The molecule has 3 aromatic carbocycles. The maximum atomic E-state index is 12.5. The minimum absolute atomic E-state index is 0.